The number of rotatable bonds is 0. The van der Waals surface area contributed by atoms with E-state index in [2.05, 4.69) is 31.8 Å². The zero-order chi connectivity index (χ0) is 10.3. The third kappa shape index (κ3) is 1.53. The number of halogens is 1. The molecule has 0 fully saturated rings. The molecule has 2 aromatic rings. The van der Waals surface area contributed by atoms with Gasteiger partial charge in [0.25, 0.3) is 0 Å². The molecule has 0 amide bonds. The molecular formula is C12H14ClN. The first-order valence-corrected chi connectivity index (χ1v) is 5.13. The summed E-state index contributed by atoms with van der Waals surface area (Å²) in [5.41, 5.74) is 2.43. The average Bonchev–Trinajstić information content (AvgIpc) is 2.47. The number of nitrogens with one attached hydrogen (secondary N) is 1. The molecule has 74 valence electrons. The van der Waals surface area contributed by atoms with E-state index in [1.54, 1.807) is 0 Å². The predicted octanol–water partition coefficient (Wildman–Crippen LogP) is 4.12. The number of hydrogen-bond acceptors (Lipinski definition) is 0. The zero-order valence-electron chi connectivity index (χ0n) is 8.69. The third-order valence-corrected chi connectivity index (χ3v) is 2.76. The van der Waals surface area contributed by atoms with E-state index in [1.165, 1.54) is 10.9 Å². The summed E-state index contributed by atoms with van der Waals surface area (Å²) in [5.74, 6) is 0. The van der Waals surface area contributed by atoms with Crippen LogP contribution in [0, 0.1) is 0 Å². The second-order valence-electron chi connectivity index (χ2n) is 4.65. The SMILES string of the molecule is CC(C)(C)c1cc2[nH]ccc2cc1Cl. The van der Waals surface area contributed by atoms with Gasteiger partial charge in [-0.3, -0.25) is 0 Å². The van der Waals surface area contributed by atoms with Gasteiger partial charge in [-0.05, 0) is 29.2 Å². The molecule has 0 aliphatic carbocycles. The van der Waals surface area contributed by atoms with Crippen molar-refractivity contribution in [1.82, 2.24) is 4.98 Å². The zero-order valence-corrected chi connectivity index (χ0v) is 9.44. The summed E-state index contributed by atoms with van der Waals surface area (Å²) in [4.78, 5) is 3.20. The molecule has 1 nitrogen and oxygen atoms in total. The summed E-state index contributed by atoms with van der Waals surface area (Å²) in [7, 11) is 0. The van der Waals surface area contributed by atoms with Crippen LogP contribution in [0.4, 0.5) is 0 Å². The highest BCUT2D eigenvalue weighted by Gasteiger charge is 2.17. The van der Waals surface area contributed by atoms with Crippen LogP contribution in [0.15, 0.2) is 24.4 Å². The topological polar surface area (TPSA) is 15.8 Å². The Balaban J connectivity index is 2.71. The fourth-order valence-corrected chi connectivity index (χ4v) is 2.10. The molecule has 1 aromatic heterocycles. The second kappa shape index (κ2) is 3.03. The Morgan fingerprint density at radius 2 is 1.93 bits per heavy atom. The molecule has 1 N–H and O–H groups in total. The van der Waals surface area contributed by atoms with Crippen molar-refractivity contribution in [2.45, 2.75) is 26.2 Å². The van der Waals surface area contributed by atoms with E-state index in [0.717, 1.165) is 10.5 Å². The largest absolute Gasteiger partial charge is 0.361 e. The molecule has 0 aliphatic rings. The molecule has 1 heterocycles. The molecule has 0 spiro atoms. The summed E-state index contributed by atoms with van der Waals surface area (Å²) in [6, 6.07) is 6.19. The van der Waals surface area contributed by atoms with Gasteiger partial charge in [0.1, 0.15) is 0 Å². The van der Waals surface area contributed by atoms with E-state index in [9.17, 15) is 0 Å². The Bertz CT molecular complexity index is 463. The average molecular weight is 208 g/mol. The Morgan fingerprint density at radius 3 is 2.57 bits per heavy atom. The minimum atomic E-state index is 0.0936. The molecule has 0 radical (unpaired) electrons. The summed E-state index contributed by atoms with van der Waals surface area (Å²) < 4.78 is 0. The monoisotopic (exact) mass is 207 g/mol. The fourth-order valence-electron chi connectivity index (χ4n) is 1.65. The van der Waals surface area contributed by atoms with Gasteiger partial charge in [0, 0.05) is 22.1 Å². The highest BCUT2D eigenvalue weighted by atomic mass is 35.5. The molecule has 0 atom stereocenters. The van der Waals surface area contributed by atoms with Crippen molar-refractivity contribution in [2.75, 3.05) is 0 Å². The summed E-state index contributed by atoms with van der Waals surface area (Å²) in [6.07, 6.45) is 1.94. The van der Waals surface area contributed by atoms with Crippen LogP contribution in [0.3, 0.4) is 0 Å². The van der Waals surface area contributed by atoms with Gasteiger partial charge in [0.15, 0.2) is 0 Å². The van der Waals surface area contributed by atoms with Crippen LogP contribution >= 0.6 is 11.6 Å². The molecule has 2 rings (SSSR count). The van der Waals surface area contributed by atoms with Gasteiger partial charge in [0.2, 0.25) is 0 Å². The van der Waals surface area contributed by atoms with Gasteiger partial charge in [-0.1, -0.05) is 32.4 Å². The van der Waals surface area contributed by atoms with Crippen LogP contribution in [-0.2, 0) is 5.41 Å². The van der Waals surface area contributed by atoms with Gasteiger partial charge < -0.3 is 4.98 Å². The summed E-state index contributed by atoms with van der Waals surface area (Å²) in [6.45, 7) is 6.51. The fraction of sp³-hybridized carbons (Fsp3) is 0.333. The van der Waals surface area contributed by atoms with E-state index >= 15 is 0 Å². The van der Waals surface area contributed by atoms with E-state index < -0.39 is 0 Å². The van der Waals surface area contributed by atoms with E-state index in [4.69, 9.17) is 11.6 Å². The van der Waals surface area contributed by atoms with Crippen LogP contribution in [-0.4, -0.2) is 4.98 Å². The smallest absolute Gasteiger partial charge is 0.0457 e. The van der Waals surface area contributed by atoms with Crippen LogP contribution in [0.1, 0.15) is 26.3 Å². The standard InChI is InChI=1S/C12H14ClN/c1-12(2,3)9-7-11-8(4-5-14-11)6-10(9)13/h4-7,14H,1-3H3. The first kappa shape index (κ1) is 9.60. The van der Waals surface area contributed by atoms with E-state index in [1.807, 2.05) is 18.3 Å². The van der Waals surface area contributed by atoms with Crippen molar-refractivity contribution < 1.29 is 0 Å². The Hall–Kier alpha value is -0.950. The van der Waals surface area contributed by atoms with E-state index in [0.29, 0.717) is 0 Å². The van der Waals surface area contributed by atoms with Crippen molar-refractivity contribution in [2.24, 2.45) is 0 Å². The number of aromatic amines is 1. The number of H-pyrrole nitrogens is 1. The van der Waals surface area contributed by atoms with Crippen LogP contribution in [0.25, 0.3) is 10.9 Å². The number of aromatic nitrogens is 1. The maximum Gasteiger partial charge on any atom is 0.0457 e. The summed E-state index contributed by atoms with van der Waals surface area (Å²) >= 11 is 6.23. The molecule has 0 aliphatic heterocycles. The number of benzene rings is 1. The molecule has 1 aromatic carbocycles. The van der Waals surface area contributed by atoms with Crippen molar-refractivity contribution >= 4 is 22.5 Å². The molecule has 0 saturated heterocycles. The lowest BCUT2D eigenvalue weighted by atomic mass is 9.86. The van der Waals surface area contributed by atoms with Gasteiger partial charge >= 0.3 is 0 Å². The molecule has 2 heteroatoms. The van der Waals surface area contributed by atoms with Gasteiger partial charge in [0.05, 0.1) is 0 Å². The maximum atomic E-state index is 6.23. The lowest BCUT2D eigenvalue weighted by molar-refractivity contribution is 0.591. The first-order valence-electron chi connectivity index (χ1n) is 4.75. The van der Waals surface area contributed by atoms with Gasteiger partial charge in [-0.15, -0.1) is 0 Å². The molecule has 0 saturated carbocycles. The highest BCUT2D eigenvalue weighted by molar-refractivity contribution is 6.32. The normalized spacial score (nSPS) is 12.3. The number of fused-ring (bicyclic) bond motifs is 1. The minimum Gasteiger partial charge on any atom is -0.361 e. The number of hydrogen-bond donors (Lipinski definition) is 1. The molecule has 14 heavy (non-hydrogen) atoms. The van der Waals surface area contributed by atoms with Crippen molar-refractivity contribution in [3.05, 3.63) is 35.0 Å². The van der Waals surface area contributed by atoms with Crippen molar-refractivity contribution in [3.63, 3.8) is 0 Å². The van der Waals surface area contributed by atoms with Gasteiger partial charge in [-0.25, -0.2) is 0 Å². The third-order valence-electron chi connectivity index (χ3n) is 2.45. The van der Waals surface area contributed by atoms with Crippen LogP contribution < -0.4 is 0 Å². The van der Waals surface area contributed by atoms with Crippen molar-refractivity contribution in [1.29, 1.82) is 0 Å². The lowest BCUT2D eigenvalue weighted by Gasteiger charge is -2.20. The van der Waals surface area contributed by atoms with Gasteiger partial charge in [-0.2, -0.15) is 0 Å². The van der Waals surface area contributed by atoms with E-state index in [-0.39, 0.29) is 5.41 Å². The van der Waals surface area contributed by atoms with Crippen LogP contribution in [0.5, 0.6) is 0 Å². The minimum absolute atomic E-state index is 0.0936. The quantitative estimate of drug-likeness (QED) is 0.669. The maximum absolute atomic E-state index is 6.23. The molecule has 0 bridgehead atoms. The first-order chi connectivity index (χ1) is 6.48. The lowest BCUT2D eigenvalue weighted by Crippen LogP contribution is -2.11. The Morgan fingerprint density at radius 1 is 1.21 bits per heavy atom. The summed E-state index contributed by atoms with van der Waals surface area (Å²) in [5, 5.41) is 2.02. The predicted molar refractivity (Wildman–Crippen MR) is 62.0 cm³/mol. The second-order valence-corrected chi connectivity index (χ2v) is 5.05. The molecule has 0 unspecified atom stereocenters. The Kier molecular flexibility index (Phi) is 2.07. The Labute approximate surface area is 89.1 Å². The van der Waals surface area contributed by atoms with Crippen LogP contribution in [0.2, 0.25) is 5.02 Å². The molecular weight excluding hydrogens is 194 g/mol. The highest BCUT2D eigenvalue weighted by Crippen LogP contribution is 2.32. The van der Waals surface area contributed by atoms with Crippen molar-refractivity contribution in [3.8, 4) is 0 Å².